The van der Waals surface area contributed by atoms with Crippen molar-refractivity contribution in [2.24, 2.45) is 5.92 Å². The van der Waals surface area contributed by atoms with Gasteiger partial charge in [-0.2, -0.15) is 0 Å². The van der Waals surface area contributed by atoms with Crippen molar-refractivity contribution in [3.63, 3.8) is 0 Å². The quantitative estimate of drug-likeness (QED) is 0.480. The molecule has 1 N–H and O–H groups in total. The van der Waals surface area contributed by atoms with Crippen molar-refractivity contribution in [1.82, 2.24) is 4.89 Å². The number of rotatable bonds is 7. The van der Waals surface area contributed by atoms with Gasteiger partial charge in [-0.3, -0.25) is 4.84 Å². The Morgan fingerprint density at radius 2 is 1.92 bits per heavy atom. The van der Waals surface area contributed by atoms with Gasteiger partial charge >= 0.3 is 0 Å². The van der Waals surface area contributed by atoms with Crippen LogP contribution in [0.25, 0.3) is 0 Å². The first kappa shape index (κ1) is 12.8. The predicted octanol–water partition coefficient (Wildman–Crippen LogP) is 0.140. The summed E-state index contributed by atoms with van der Waals surface area (Å²) in [6.45, 7) is 4.24. The summed E-state index contributed by atoms with van der Waals surface area (Å²) >= 11 is 0. The van der Waals surface area contributed by atoms with Gasteiger partial charge in [0, 0.05) is 7.11 Å². The maximum Gasteiger partial charge on any atom is 0.233 e. The Balaban J connectivity index is 3.64. The Hall–Kier alpha value is -0.170. The molecule has 0 saturated heterocycles. The van der Waals surface area contributed by atoms with Gasteiger partial charge in [0.1, 0.15) is 0 Å². The minimum absolute atomic E-state index is 0.0694. The van der Waals surface area contributed by atoms with Gasteiger partial charge in [-0.05, 0) is 5.92 Å². The van der Waals surface area contributed by atoms with Crippen LogP contribution in [0.3, 0.4) is 0 Å². The number of nitrogens with one attached hydrogen (secondary N) is 1. The maximum absolute atomic E-state index is 11.1. The zero-order chi connectivity index (χ0) is 10.3. The highest BCUT2D eigenvalue weighted by molar-refractivity contribution is 7.89. The van der Waals surface area contributed by atoms with Crippen LogP contribution in [0.15, 0.2) is 0 Å². The largest absolute Gasteiger partial charge is 0.382 e. The summed E-state index contributed by atoms with van der Waals surface area (Å²) in [5.41, 5.74) is 0. The third-order valence-corrected chi connectivity index (χ3v) is 2.61. The van der Waals surface area contributed by atoms with Crippen LogP contribution in [-0.2, 0) is 19.6 Å². The van der Waals surface area contributed by atoms with Gasteiger partial charge in [-0.1, -0.05) is 18.7 Å². The first-order valence-corrected chi connectivity index (χ1v) is 5.73. The molecular formula is C7H17NO4S. The average molecular weight is 211 g/mol. The first-order chi connectivity index (χ1) is 5.98. The number of sulfonamides is 1. The molecule has 0 spiro atoms. The van der Waals surface area contributed by atoms with Gasteiger partial charge in [0.25, 0.3) is 0 Å². The fourth-order valence-electron chi connectivity index (χ4n) is 0.729. The highest BCUT2D eigenvalue weighted by Gasteiger charge is 2.11. The Labute approximate surface area is 79.4 Å². The van der Waals surface area contributed by atoms with E-state index in [1.807, 2.05) is 18.7 Å². The molecule has 0 atom stereocenters. The smallest absolute Gasteiger partial charge is 0.233 e. The number of hydrogen-bond donors (Lipinski definition) is 1. The van der Waals surface area contributed by atoms with Gasteiger partial charge in [0.2, 0.25) is 10.0 Å². The van der Waals surface area contributed by atoms with Gasteiger partial charge in [0.05, 0.1) is 19.0 Å². The van der Waals surface area contributed by atoms with E-state index < -0.39 is 10.0 Å². The summed E-state index contributed by atoms with van der Waals surface area (Å²) < 4.78 is 26.9. The van der Waals surface area contributed by atoms with Crippen molar-refractivity contribution in [2.75, 3.05) is 26.1 Å². The summed E-state index contributed by atoms with van der Waals surface area (Å²) in [5.74, 6) is 0.156. The van der Waals surface area contributed by atoms with Crippen molar-refractivity contribution < 1.29 is 18.0 Å². The molecule has 5 nitrogen and oxygen atoms in total. The molecule has 0 rings (SSSR count). The molecule has 0 radical (unpaired) electrons. The molecule has 6 heteroatoms. The average Bonchev–Trinajstić information content (AvgIpc) is 1.95. The lowest BCUT2D eigenvalue weighted by Crippen LogP contribution is -2.29. The molecule has 0 amide bonds. The molecule has 0 unspecified atom stereocenters. The van der Waals surface area contributed by atoms with E-state index in [0.717, 1.165) is 0 Å². The van der Waals surface area contributed by atoms with Gasteiger partial charge < -0.3 is 4.74 Å². The van der Waals surface area contributed by atoms with Crippen LogP contribution in [0.5, 0.6) is 0 Å². The van der Waals surface area contributed by atoms with E-state index in [1.54, 1.807) is 0 Å². The van der Waals surface area contributed by atoms with E-state index in [-0.39, 0.29) is 18.3 Å². The van der Waals surface area contributed by atoms with Crippen molar-refractivity contribution in [2.45, 2.75) is 13.8 Å². The van der Waals surface area contributed by atoms with Crippen LogP contribution in [0.2, 0.25) is 0 Å². The lowest BCUT2D eigenvalue weighted by molar-refractivity contribution is 0.0437. The van der Waals surface area contributed by atoms with Crippen LogP contribution in [-0.4, -0.2) is 34.5 Å². The molecule has 0 aliphatic heterocycles. The molecule has 0 aromatic rings. The lowest BCUT2D eigenvalue weighted by atomic mass is 10.3. The lowest BCUT2D eigenvalue weighted by Gasteiger charge is -2.08. The highest BCUT2D eigenvalue weighted by atomic mass is 32.2. The molecule has 0 aromatic carbocycles. The van der Waals surface area contributed by atoms with Crippen LogP contribution in [0.4, 0.5) is 0 Å². The van der Waals surface area contributed by atoms with Crippen LogP contribution >= 0.6 is 0 Å². The zero-order valence-electron chi connectivity index (χ0n) is 8.24. The van der Waals surface area contributed by atoms with Gasteiger partial charge in [-0.25, -0.2) is 8.42 Å². The number of ether oxygens (including phenoxy) is 1. The topological polar surface area (TPSA) is 64.6 Å². The number of hydrogen-bond acceptors (Lipinski definition) is 4. The molecule has 0 fully saturated rings. The molecule has 0 aromatic heterocycles. The third kappa shape index (κ3) is 8.17. The summed E-state index contributed by atoms with van der Waals surface area (Å²) in [6, 6.07) is 0. The SMILES string of the molecule is COCCONS(=O)(=O)CC(C)C. The second-order valence-electron chi connectivity index (χ2n) is 3.10. The Morgan fingerprint density at radius 3 is 2.38 bits per heavy atom. The monoisotopic (exact) mass is 211 g/mol. The Kier molecular flexibility index (Phi) is 6.23. The molecule has 0 heterocycles. The minimum Gasteiger partial charge on any atom is -0.382 e. The Morgan fingerprint density at radius 1 is 1.31 bits per heavy atom. The highest BCUT2D eigenvalue weighted by Crippen LogP contribution is 1.96. The molecule has 13 heavy (non-hydrogen) atoms. The van der Waals surface area contributed by atoms with E-state index in [4.69, 9.17) is 0 Å². The first-order valence-electron chi connectivity index (χ1n) is 4.08. The van der Waals surface area contributed by atoms with Gasteiger partial charge in [-0.15, -0.1) is 0 Å². The van der Waals surface area contributed by atoms with Crippen LogP contribution < -0.4 is 4.89 Å². The second kappa shape index (κ2) is 6.31. The summed E-state index contributed by atoms with van der Waals surface area (Å²) in [5, 5.41) is 0. The molecule has 0 aliphatic rings. The second-order valence-corrected chi connectivity index (χ2v) is 4.83. The summed E-state index contributed by atoms with van der Waals surface area (Å²) in [4.78, 5) is 6.69. The van der Waals surface area contributed by atoms with Crippen molar-refractivity contribution >= 4 is 10.0 Å². The summed E-state index contributed by atoms with van der Waals surface area (Å²) in [7, 11) is -1.77. The Bertz CT molecular complexity index is 213. The predicted molar refractivity (Wildman–Crippen MR) is 49.6 cm³/mol. The fraction of sp³-hybridized carbons (Fsp3) is 1.00. The van der Waals surface area contributed by atoms with Crippen LogP contribution in [0.1, 0.15) is 13.8 Å². The maximum atomic E-state index is 11.1. The fourth-order valence-corrected chi connectivity index (χ4v) is 1.94. The third-order valence-electron chi connectivity index (χ3n) is 1.13. The van der Waals surface area contributed by atoms with Crippen molar-refractivity contribution in [3.8, 4) is 0 Å². The molecule has 0 aliphatic carbocycles. The van der Waals surface area contributed by atoms with Crippen molar-refractivity contribution in [3.05, 3.63) is 0 Å². The summed E-state index contributed by atoms with van der Waals surface area (Å²) in [6.07, 6.45) is 0. The number of methoxy groups -OCH3 is 1. The normalized spacial score (nSPS) is 12.3. The molecule has 80 valence electrons. The molecule has 0 bridgehead atoms. The van der Waals surface area contributed by atoms with E-state index in [9.17, 15) is 8.42 Å². The van der Waals surface area contributed by atoms with E-state index in [1.165, 1.54) is 7.11 Å². The van der Waals surface area contributed by atoms with E-state index in [2.05, 4.69) is 9.57 Å². The molecule has 0 saturated carbocycles. The molecular weight excluding hydrogens is 194 g/mol. The van der Waals surface area contributed by atoms with Crippen LogP contribution in [0, 0.1) is 5.92 Å². The van der Waals surface area contributed by atoms with E-state index in [0.29, 0.717) is 6.61 Å². The van der Waals surface area contributed by atoms with Crippen molar-refractivity contribution in [1.29, 1.82) is 0 Å². The standard InChI is InChI=1S/C7H17NO4S/c1-7(2)6-13(9,10)8-12-5-4-11-3/h7-8H,4-6H2,1-3H3. The van der Waals surface area contributed by atoms with E-state index >= 15 is 0 Å². The van der Waals surface area contributed by atoms with Gasteiger partial charge in [0.15, 0.2) is 0 Å². The minimum atomic E-state index is -3.29. The zero-order valence-corrected chi connectivity index (χ0v) is 9.06.